The zero-order chi connectivity index (χ0) is 17.3. The molecule has 0 unspecified atom stereocenters. The predicted octanol–water partition coefficient (Wildman–Crippen LogP) is 3.10. The third-order valence-corrected chi connectivity index (χ3v) is 3.73. The molecule has 0 aliphatic heterocycles. The predicted molar refractivity (Wildman–Crippen MR) is 89.3 cm³/mol. The van der Waals surface area contributed by atoms with Crippen molar-refractivity contribution in [2.45, 2.75) is 32.7 Å². The molecule has 0 saturated carbocycles. The largest absolute Gasteiger partial charge is 0.345 e. The highest BCUT2D eigenvalue weighted by Crippen LogP contribution is 2.26. The summed E-state index contributed by atoms with van der Waals surface area (Å²) in [7, 11) is 0. The summed E-state index contributed by atoms with van der Waals surface area (Å²) in [6.45, 7) is 6.44. The number of fused-ring (bicyclic) bond motifs is 1. The highest BCUT2D eigenvalue weighted by molar-refractivity contribution is 5.92. The highest BCUT2D eigenvalue weighted by atomic mass is 19.1. The number of halogens is 1. The topological polar surface area (TPSA) is 59.3 Å². The van der Waals surface area contributed by atoms with Crippen molar-refractivity contribution in [3.05, 3.63) is 65.8 Å². The van der Waals surface area contributed by atoms with E-state index < -0.39 is 0 Å². The molecule has 0 atom stereocenters. The van der Waals surface area contributed by atoms with Crippen LogP contribution < -0.4 is 5.32 Å². The normalized spacial score (nSPS) is 11.7. The Labute approximate surface area is 139 Å². The van der Waals surface area contributed by atoms with E-state index in [0.717, 1.165) is 16.8 Å². The van der Waals surface area contributed by atoms with Crippen molar-refractivity contribution >= 4 is 11.4 Å². The van der Waals surface area contributed by atoms with Gasteiger partial charge in [-0.25, -0.2) is 9.37 Å². The minimum Gasteiger partial charge on any atom is -0.345 e. The van der Waals surface area contributed by atoms with Gasteiger partial charge in [0.05, 0.1) is 17.4 Å². The Morgan fingerprint density at radius 1 is 1.25 bits per heavy atom. The number of rotatable bonds is 3. The number of imidazole rings is 1. The summed E-state index contributed by atoms with van der Waals surface area (Å²) >= 11 is 0. The molecule has 0 fully saturated rings. The van der Waals surface area contributed by atoms with Crippen LogP contribution in [0, 0.1) is 5.82 Å². The van der Waals surface area contributed by atoms with Crippen LogP contribution in [0.5, 0.6) is 0 Å². The van der Waals surface area contributed by atoms with Gasteiger partial charge in [-0.3, -0.25) is 14.2 Å². The number of benzene rings is 1. The highest BCUT2D eigenvalue weighted by Gasteiger charge is 2.25. The van der Waals surface area contributed by atoms with Crippen LogP contribution in [0.3, 0.4) is 0 Å². The third-order valence-electron chi connectivity index (χ3n) is 3.73. The molecule has 1 amide bonds. The number of aromatic nitrogens is 3. The third kappa shape index (κ3) is 3.13. The second-order valence-corrected chi connectivity index (χ2v) is 6.67. The standard InChI is InChI=1S/C18H19FN4O/c1-18(2,3)15-14-11-20-8-9-23(14)16(22-15)17(24)21-10-12-4-6-13(19)7-5-12/h4-9,11H,10H2,1-3H3,(H,21,24). The smallest absolute Gasteiger partial charge is 0.287 e. The lowest BCUT2D eigenvalue weighted by Gasteiger charge is -2.15. The summed E-state index contributed by atoms with van der Waals surface area (Å²) in [6.07, 6.45) is 5.06. The second-order valence-electron chi connectivity index (χ2n) is 6.67. The summed E-state index contributed by atoms with van der Waals surface area (Å²) in [5, 5.41) is 2.83. The molecular weight excluding hydrogens is 307 g/mol. The van der Waals surface area contributed by atoms with Gasteiger partial charge in [-0.05, 0) is 17.7 Å². The van der Waals surface area contributed by atoms with Crippen molar-refractivity contribution < 1.29 is 9.18 Å². The van der Waals surface area contributed by atoms with E-state index in [1.165, 1.54) is 12.1 Å². The van der Waals surface area contributed by atoms with Gasteiger partial charge in [0.15, 0.2) is 0 Å². The summed E-state index contributed by atoms with van der Waals surface area (Å²) in [5.74, 6) is -0.262. The average molecular weight is 326 g/mol. The van der Waals surface area contributed by atoms with E-state index in [2.05, 4.69) is 15.3 Å². The maximum atomic E-state index is 12.9. The second kappa shape index (κ2) is 6.03. The zero-order valence-corrected chi connectivity index (χ0v) is 13.9. The molecule has 0 aliphatic rings. The van der Waals surface area contributed by atoms with Crippen molar-refractivity contribution in [1.29, 1.82) is 0 Å². The molecule has 24 heavy (non-hydrogen) atoms. The molecule has 2 heterocycles. The molecular formula is C18H19FN4O. The lowest BCUT2D eigenvalue weighted by molar-refractivity contribution is 0.0939. The first-order valence-corrected chi connectivity index (χ1v) is 7.71. The summed E-state index contributed by atoms with van der Waals surface area (Å²) < 4.78 is 14.7. The number of carbonyl (C=O) groups excluding carboxylic acids is 1. The molecule has 0 aliphatic carbocycles. The van der Waals surface area contributed by atoms with Crippen molar-refractivity contribution in [1.82, 2.24) is 19.7 Å². The van der Waals surface area contributed by atoms with Gasteiger partial charge in [0, 0.05) is 24.4 Å². The Bertz CT molecular complexity index is 878. The van der Waals surface area contributed by atoms with Crippen LogP contribution in [-0.2, 0) is 12.0 Å². The Kier molecular flexibility index (Phi) is 4.05. The number of hydrogen-bond acceptors (Lipinski definition) is 3. The fourth-order valence-corrected chi connectivity index (χ4v) is 2.51. The van der Waals surface area contributed by atoms with Gasteiger partial charge in [-0.2, -0.15) is 0 Å². The number of nitrogens with zero attached hydrogens (tertiary/aromatic N) is 3. The van der Waals surface area contributed by atoms with E-state index in [1.54, 1.807) is 35.1 Å². The molecule has 0 saturated heterocycles. The van der Waals surface area contributed by atoms with E-state index in [4.69, 9.17) is 0 Å². The van der Waals surface area contributed by atoms with Gasteiger partial charge >= 0.3 is 0 Å². The Balaban J connectivity index is 1.88. The van der Waals surface area contributed by atoms with Crippen LogP contribution in [0.4, 0.5) is 4.39 Å². The fourth-order valence-electron chi connectivity index (χ4n) is 2.51. The Morgan fingerprint density at radius 3 is 2.62 bits per heavy atom. The minimum atomic E-state index is -0.299. The lowest BCUT2D eigenvalue weighted by Crippen LogP contribution is -2.25. The molecule has 6 heteroatoms. The maximum Gasteiger partial charge on any atom is 0.287 e. The summed E-state index contributed by atoms with van der Waals surface area (Å²) in [6, 6.07) is 6.03. The summed E-state index contributed by atoms with van der Waals surface area (Å²) in [5.41, 5.74) is 2.26. The van der Waals surface area contributed by atoms with E-state index in [0.29, 0.717) is 12.4 Å². The first-order chi connectivity index (χ1) is 11.4. The van der Waals surface area contributed by atoms with Crippen molar-refractivity contribution in [3.8, 4) is 0 Å². The molecule has 5 nitrogen and oxygen atoms in total. The monoisotopic (exact) mass is 326 g/mol. The molecule has 0 bridgehead atoms. The maximum absolute atomic E-state index is 12.9. The van der Waals surface area contributed by atoms with Crippen LogP contribution in [0.2, 0.25) is 0 Å². The lowest BCUT2D eigenvalue weighted by atomic mass is 9.92. The van der Waals surface area contributed by atoms with Gasteiger partial charge in [0.1, 0.15) is 5.82 Å². The molecule has 0 radical (unpaired) electrons. The molecule has 124 valence electrons. The molecule has 3 aromatic rings. The number of hydrogen-bond donors (Lipinski definition) is 1. The van der Waals surface area contributed by atoms with Gasteiger partial charge in [0.2, 0.25) is 5.82 Å². The zero-order valence-electron chi connectivity index (χ0n) is 13.9. The SMILES string of the molecule is CC(C)(C)c1nc(C(=O)NCc2ccc(F)cc2)n2ccncc12. The van der Waals surface area contributed by atoms with Crippen LogP contribution in [0.25, 0.3) is 5.52 Å². The quantitative estimate of drug-likeness (QED) is 0.804. The molecule has 2 aromatic heterocycles. The van der Waals surface area contributed by atoms with E-state index >= 15 is 0 Å². The van der Waals surface area contributed by atoms with Crippen LogP contribution in [-0.4, -0.2) is 20.3 Å². The molecule has 0 spiro atoms. The Hall–Kier alpha value is -2.76. The molecule has 3 rings (SSSR count). The average Bonchev–Trinajstić information content (AvgIpc) is 2.94. The first-order valence-electron chi connectivity index (χ1n) is 7.71. The van der Waals surface area contributed by atoms with Crippen LogP contribution in [0.15, 0.2) is 42.9 Å². The number of nitrogens with one attached hydrogen (secondary N) is 1. The van der Waals surface area contributed by atoms with E-state index in [1.807, 2.05) is 20.8 Å². The molecule has 1 N–H and O–H groups in total. The fraction of sp³-hybridized carbons (Fsp3) is 0.278. The van der Waals surface area contributed by atoms with Gasteiger partial charge in [-0.15, -0.1) is 0 Å². The van der Waals surface area contributed by atoms with Crippen molar-refractivity contribution in [3.63, 3.8) is 0 Å². The number of amides is 1. The van der Waals surface area contributed by atoms with Crippen LogP contribution >= 0.6 is 0 Å². The van der Waals surface area contributed by atoms with Gasteiger partial charge < -0.3 is 5.32 Å². The first kappa shape index (κ1) is 16.1. The summed E-state index contributed by atoms with van der Waals surface area (Å²) in [4.78, 5) is 21.2. The van der Waals surface area contributed by atoms with E-state index in [-0.39, 0.29) is 17.1 Å². The van der Waals surface area contributed by atoms with Crippen LogP contribution in [0.1, 0.15) is 42.6 Å². The van der Waals surface area contributed by atoms with Crippen molar-refractivity contribution in [2.75, 3.05) is 0 Å². The van der Waals surface area contributed by atoms with Crippen molar-refractivity contribution in [2.24, 2.45) is 0 Å². The Morgan fingerprint density at radius 2 is 1.96 bits per heavy atom. The van der Waals surface area contributed by atoms with E-state index in [9.17, 15) is 9.18 Å². The number of carbonyl (C=O) groups is 1. The van der Waals surface area contributed by atoms with Gasteiger partial charge in [-0.1, -0.05) is 32.9 Å². The van der Waals surface area contributed by atoms with Gasteiger partial charge in [0.25, 0.3) is 5.91 Å². The minimum absolute atomic E-state index is 0.205. The molecule has 1 aromatic carbocycles.